The number of hydrogen-bond acceptors (Lipinski definition) is 3. The molecule has 1 aromatic carbocycles. The third-order valence-electron chi connectivity index (χ3n) is 2.68. The van der Waals surface area contributed by atoms with E-state index in [2.05, 4.69) is 18.7 Å². The molecule has 1 rings (SSSR count). The lowest BCUT2D eigenvalue weighted by atomic mass is 10.1. The van der Waals surface area contributed by atoms with Crippen LogP contribution in [0.15, 0.2) is 18.2 Å². The summed E-state index contributed by atoms with van der Waals surface area (Å²) in [6.07, 6.45) is 0. The molecule has 0 atom stereocenters. The number of nitrogens with two attached hydrogens (primary N) is 1. The Morgan fingerprint density at radius 1 is 1.38 bits per heavy atom. The first kappa shape index (κ1) is 12.5. The van der Waals surface area contributed by atoms with E-state index in [1.165, 1.54) is 6.07 Å². The summed E-state index contributed by atoms with van der Waals surface area (Å²) in [5, 5.41) is 8.89. The Morgan fingerprint density at radius 2 is 2.00 bits per heavy atom. The van der Waals surface area contributed by atoms with Crippen molar-refractivity contribution in [2.45, 2.75) is 20.4 Å². The van der Waals surface area contributed by atoms with Crippen molar-refractivity contribution in [2.75, 3.05) is 18.8 Å². The summed E-state index contributed by atoms with van der Waals surface area (Å²) in [6, 6.07) is 4.83. The zero-order valence-corrected chi connectivity index (χ0v) is 9.73. The van der Waals surface area contributed by atoms with Gasteiger partial charge < -0.3 is 10.8 Å². The quantitative estimate of drug-likeness (QED) is 0.746. The normalized spacial score (nSPS) is 10.7. The van der Waals surface area contributed by atoms with E-state index in [4.69, 9.17) is 10.8 Å². The molecule has 0 aromatic heterocycles. The van der Waals surface area contributed by atoms with Crippen molar-refractivity contribution in [3.8, 4) is 0 Å². The molecule has 0 bridgehead atoms. The minimum Gasteiger partial charge on any atom is -0.478 e. The highest BCUT2D eigenvalue weighted by Gasteiger charge is 2.08. The molecule has 0 aliphatic carbocycles. The van der Waals surface area contributed by atoms with Gasteiger partial charge in [-0.2, -0.15) is 0 Å². The molecule has 3 N–H and O–H groups in total. The van der Waals surface area contributed by atoms with Crippen LogP contribution in [0, 0.1) is 0 Å². The van der Waals surface area contributed by atoms with Crippen LogP contribution in [0.3, 0.4) is 0 Å². The van der Waals surface area contributed by atoms with Gasteiger partial charge in [-0.25, -0.2) is 4.79 Å². The van der Waals surface area contributed by atoms with Crippen LogP contribution < -0.4 is 5.73 Å². The number of carbonyl (C=O) groups is 1. The summed E-state index contributed by atoms with van der Waals surface area (Å²) in [4.78, 5) is 13.0. The second kappa shape index (κ2) is 5.51. The van der Waals surface area contributed by atoms with Gasteiger partial charge in [-0.3, -0.25) is 4.90 Å². The van der Waals surface area contributed by atoms with Gasteiger partial charge in [-0.15, -0.1) is 0 Å². The summed E-state index contributed by atoms with van der Waals surface area (Å²) in [7, 11) is 0. The van der Waals surface area contributed by atoms with E-state index >= 15 is 0 Å². The highest BCUT2D eigenvalue weighted by molar-refractivity contribution is 5.88. The summed E-state index contributed by atoms with van der Waals surface area (Å²) >= 11 is 0. The number of carboxylic acids is 1. The topological polar surface area (TPSA) is 66.6 Å². The fraction of sp³-hybridized carbons (Fsp3) is 0.417. The van der Waals surface area contributed by atoms with Crippen LogP contribution in [-0.4, -0.2) is 29.1 Å². The number of aromatic carboxylic acids is 1. The van der Waals surface area contributed by atoms with Crippen LogP contribution in [0.25, 0.3) is 0 Å². The maximum Gasteiger partial charge on any atom is 0.335 e. The molecule has 0 radical (unpaired) electrons. The Kier molecular flexibility index (Phi) is 4.31. The molecule has 0 saturated heterocycles. The number of carboxylic acid groups (broad SMARTS) is 1. The predicted molar refractivity (Wildman–Crippen MR) is 64.4 cm³/mol. The van der Waals surface area contributed by atoms with Crippen molar-refractivity contribution in [1.29, 1.82) is 0 Å². The molecular weight excluding hydrogens is 204 g/mol. The van der Waals surface area contributed by atoms with Gasteiger partial charge in [0, 0.05) is 12.2 Å². The first-order valence-electron chi connectivity index (χ1n) is 5.42. The third-order valence-corrected chi connectivity index (χ3v) is 2.68. The van der Waals surface area contributed by atoms with Crippen molar-refractivity contribution < 1.29 is 9.90 Å². The molecule has 16 heavy (non-hydrogen) atoms. The average Bonchev–Trinajstić information content (AvgIpc) is 2.27. The maximum absolute atomic E-state index is 10.8. The van der Waals surface area contributed by atoms with E-state index in [1.54, 1.807) is 12.1 Å². The van der Waals surface area contributed by atoms with Crippen molar-refractivity contribution in [1.82, 2.24) is 4.90 Å². The van der Waals surface area contributed by atoms with E-state index < -0.39 is 5.97 Å². The molecule has 0 aliphatic rings. The molecule has 0 aliphatic heterocycles. The van der Waals surface area contributed by atoms with Crippen LogP contribution in [0.4, 0.5) is 5.69 Å². The highest BCUT2D eigenvalue weighted by atomic mass is 16.4. The summed E-state index contributed by atoms with van der Waals surface area (Å²) in [6.45, 7) is 6.68. The maximum atomic E-state index is 10.8. The zero-order chi connectivity index (χ0) is 12.1. The Balaban J connectivity index is 2.93. The van der Waals surface area contributed by atoms with Crippen molar-refractivity contribution in [3.63, 3.8) is 0 Å². The van der Waals surface area contributed by atoms with Crippen LogP contribution in [0.2, 0.25) is 0 Å². The lowest BCUT2D eigenvalue weighted by molar-refractivity contribution is 0.0696. The molecule has 0 saturated carbocycles. The van der Waals surface area contributed by atoms with Gasteiger partial charge in [0.15, 0.2) is 0 Å². The van der Waals surface area contributed by atoms with Gasteiger partial charge in [0.2, 0.25) is 0 Å². The van der Waals surface area contributed by atoms with Gasteiger partial charge in [-0.05, 0) is 36.9 Å². The molecule has 0 unspecified atom stereocenters. The molecule has 4 heteroatoms. The number of benzene rings is 1. The standard InChI is InChI=1S/C12H18N2O2/c1-3-14(4-2)8-10-7-9(12(15)16)5-6-11(10)13/h5-7H,3-4,8,13H2,1-2H3,(H,15,16). The second-order valence-electron chi connectivity index (χ2n) is 3.68. The summed E-state index contributed by atoms with van der Waals surface area (Å²) < 4.78 is 0. The van der Waals surface area contributed by atoms with E-state index in [-0.39, 0.29) is 5.56 Å². The second-order valence-corrected chi connectivity index (χ2v) is 3.68. The number of rotatable bonds is 5. The highest BCUT2D eigenvalue weighted by Crippen LogP contribution is 2.16. The molecule has 4 nitrogen and oxygen atoms in total. The number of nitrogens with zero attached hydrogens (tertiary/aromatic N) is 1. The van der Waals surface area contributed by atoms with Crippen LogP contribution in [-0.2, 0) is 6.54 Å². The zero-order valence-electron chi connectivity index (χ0n) is 9.73. The van der Waals surface area contributed by atoms with Crippen LogP contribution in [0.5, 0.6) is 0 Å². The minimum atomic E-state index is -0.916. The van der Waals surface area contributed by atoms with Crippen LogP contribution >= 0.6 is 0 Å². The van der Waals surface area contributed by atoms with E-state index in [0.29, 0.717) is 12.2 Å². The molecule has 0 spiro atoms. The van der Waals surface area contributed by atoms with Crippen molar-refractivity contribution in [3.05, 3.63) is 29.3 Å². The fourth-order valence-electron chi connectivity index (χ4n) is 1.56. The third kappa shape index (κ3) is 2.97. The minimum absolute atomic E-state index is 0.288. The van der Waals surface area contributed by atoms with Gasteiger partial charge in [0.1, 0.15) is 0 Å². The summed E-state index contributed by atoms with van der Waals surface area (Å²) in [5.74, 6) is -0.916. The van der Waals surface area contributed by atoms with Gasteiger partial charge in [0.25, 0.3) is 0 Å². The SMILES string of the molecule is CCN(CC)Cc1cc(C(=O)O)ccc1N. The summed E-state index contributed by atoms with van der Waals surface area (Å²) in [5.41, 5.74) is 7.64. The average molecular weight is 222 g/mol. The first-order valence-corrected chi connectivity index (χ1v) is 5.42. The fourth-order valence-corrected chi connectivity index (χ4v) is 1.56. The molecule has 0 fully saturated rings. The Labute approximate surface area is 95.7 Å². The van der Waals surface area contributed by atoms with Crippen molar-refractivity contribution in [2.24, 2.45) is 0 Å². The Bertz CT molecular complexity index is 373. The van der Waals surface area contributed by atoms with Crippen LogP contribution in [0.1, 0.15) is 29.8 Å². The Morgan fingerprint density at radius 3 is 2.50 bits per heavy atom. The smallest absolute Gasteiger partial charge is 0.335 e. The number of hydrogen-bond donors (Lipinski definition) is 2. The first-order chi connectivity index (χ1) is 7.58. The van der Waals surface area contributed by atoms with Gasteiger partial charge in [-0.1, -0.05) is 13.8 Å². The van der Waals surface area contributed by atoms with E-state index in [9.17, 15) is 4.79 Å². The number of anilines is 1. The Hall–Kier alpha value is -1.55. The van der Waals surface area contributed by atoms with E-state index in [1.807, 2.05) is 0 Å². The molecule has 0 heterocycles. The van der Waals surface area contributed by atoms with Gasteiger partial charge in [0.05, 0.1) is 5.56 Å². The molecule has 1 aromatic rings. The van der Waals surface area contributed by atoms with Crippen molar-refractivity contribution >= 4 is 11.7 Å². The molecule has 88 valence electrons. The van der Waals surface area contributed by atoms with Gasteiger partial charge >= 0.3 is 5.97 Å². The monoisotopic (exact) mass is 222 g/mol. The molecular formula is C12H18N2O2. The lowest BCUT2D eigenvalue weighted by Crippen LogP contribution is -2.23. The predicted octanol–water partition coefficient (Wildman–Crippen LogP) is 1.81. The number of nitrogen functional groups attached to an aromatic ring is 1. The van der Waals surface area contributed by atoms with E-state index in [0.717, 1.165) is 18.7 Å². The largest absolute Gasteiger partial charge is 0.478 e. The molecule has 0 amide bonds. The lowest BCUT2D eigenvalue weighted by Gasteiger charge is -2.19.